The van der Waals surface area contributed by atoms with Crippen LogP contribution in [0.3, 0.4) is 0 Å². The Morgan fingerprint density at radius 3 is 2.62 bits per heavy atom. The van der Waals surface area contributed by atoms with Gasteiger partial charge in [-0.05, 0) is 31.0 Å². The van der Waals surface area contributed by atoms with Crippen LogP contribution in [0.2, 0.25) is 0 Å². The molecule has 0 spiro atoms. The number of rotatable bonds is 6. The molecule has 2 N–H and O–H groups in total. The third kappa shape index (κ3) is 5.05. The molecular weight excluding hydrogens is 264 g/mol. The van der Waals surface area contributed by atoms with Crippen LogP contribution in [0, 0.1) is 5.92 Å². The van der Waals surface area contributed by atoms with Gasteiger partial charge in [0.15, 0.2) is 0 Å². The molecule has 1 aliphatic rings. The van der Waals surface area contributed by atoms with Gasteiger partial charge in [0.1, 0.15) is 11.9 Å². The van der Waals surface area contributed by atoms with Crippen molar-refractivity contribution < 1.29 is 9.53 Å². The van der Waals surface area contributed by atoms with Gasteiger partial charge in [-0.2, -0.15) is 0 Å². The molecule has 0 aliphatic carbocycles. The van der Waals surface area contributed by atoms with E-state index in [1.54, 1.807) is 0 Å². The van der Waals surface area contributed by atoms with E-state index < -0.39 is 0 Å². The highest BCUT2D eigenvalue weighted by Crippen LogP contribution is 2.19. The van der Waals surface area contributed by atoms with Crippen molar-refractivity contribution in [2.45, 2.75) is 38.7 Å². The van der Waals surface area contributed by atoms with E-state index in [-0.39, 0.29) is 12.0 Å². The van der Waals surface area contributed by atoms with Crippen LogP contribution < -0.4 is 10.5 Å². The van der Waals surface area contributed by atoms with Crippen LogP contribution in [-0.2, 0) is 4.79 Å². The summed E-state index contributed by atoms with van der Waals surface area (Å²) in [5.41, 5.74) is 5.59. The topological polar surface area (TPSA) is 55.6 Å². The van der Waals surface area contributed by atoms with Gasteiger partial charge in [-0.15, -0.1) is 0 Å². The first-order valence-corrected chi connectivity index (χ1v) is 7.88. The minimum Gasteiger partial charge on any atom is -0.490 e. The smallest absolute Gasteiger partial charge is 0.222 e. The molecule has 0 aromatic heterocycles. The van der Waals surface area contributed by atoms with Gasteiger partial charge in [-0.25, -0.2) is 0 Å². The van der Waals surface area contributed by atoms with Crippen molar-refractivity contribution in [1.29, 1.82) is 0 Å². The van der Waals surface area contributed by atoms with E-state index in [0.717, 1.165) is 38.1 Å². The minimum atomic E-state index is 0.222. The number of hydrogen-bond acceptors (Lipinski definition) is 3. The van der Waals surface area contributed by atoms with Crippen molar-refractivity contribution in [2.75, 3.05) is 19.6 Å². The van der Waals surface area contributed by atoms with E-state index in [2.05, 4.69) is 6.92 Å². The summed E-state index contributed by atoms with van der Waals surface area (Å²) in [4.78, 5) is 14.1. The Hall–Kier alpha value is -1.55. The van der Waals surface area contributed by atoms with E-state index in [1.807, 2.05) is 35.2 Å². The fraction of sp³-hybridized carbons (Fsp3) is 0.588. The van der Waals surface area contributed by atoms with Crippen molar-refractivity contribution in [1.82, 2.24) is 4.90 Å². The summed E-state index contributed by atoms with van der Waals surface area (Å²) in [6.45, 7) is 4.34. The third-order valence-corrected chi connectivity index (χ3v) is 4.09. The summed E-state index contributed by atoms with van der Waals surface area (Å²) in [6.07, 6.45) is 3.54. The molecule has 1 fully saturated rings. The molecule has 0 radical (unpaired) electrons. The van der Waals surface area contributed by atoms with Crippen molar-refractivity contribution in [3.8, 4) is 5.75 Å². The zero-order valence-electron chi connectivity index (χ0n) is 12.8. The monoisotopic (exact) mass is 290 g/mol. The molecule has 1 amide bonds. The van der Waals surface area contributed by atoms with Crippen molar-refractivity contribution >= 4 is 5.91 Å². The number of hydrogen-bond donors (Lipinski definition) is 1. The number of amides is 1. The zero-order chi connectivity index (χ0) is 15.1. The molecule has 1 aromatic carbocycles. The SMILES string of the molecule is CC(CN)CCC(=O)N1CCC(Oc2ccccc2)CC1. The molecule has 0 saturated carbocycles. The number of carbonyl (C=O) groups excluding carboxylic acids is 1. The first kappa shape index (κ1) is 15.8. The number of nitrogens with zero attached hydrogens (tertiary/aromatic N) is 1. The normalized spacial score (nSPS) is 17.5. The molecule has 4 nitrogen and oxygen atoms in total. The lowest BCUT2D eigenvalue weighted by atomic mass is 10.0. The van der Waals surface area contributed by atoms with Crippen LogP contribution in [-0.4, -0.2) is 36.5 Å². The Labute approximate surface area is 127 Å². The van der Waals surface area contributed by atoms with Gasteiger partial charge in [0.2, 0.25) is 5.91 Å². The van der Waals surface area contributed by atoms with Crippen LogP contribution >= 0.6 is 0 Å². The lowest BCUT2D eigenvalue weighted by Crippen LogP contribution is -2.41. The van der Waals surface area contributed by atoms with Crippen LogP contribution in [0.25, 0.3) is 0 Å². The molecule has 1 saturated heterocycles. The van der Waals surface area contributed by atoms with Crippen molar-refractivity contribution in [3.05, 3.63) is 30.3 Å². The highest BCUT2D eigenvalue weighted by Gasteiger charge is 2.23. The molecule has 1 atom stereocenters. The number of nitrogens with two attached hydrogens (primary N) is 1. The average molecular weight is 290 g/mol. The molecule has 1 aromatic rings. The summed E-state index contributed by atoms with van der Waals surface area (Å²) in [5.74, 6) is 1.60. The molecule has 2 rings (SSSR count). The van der Waals surface area contributed by atoms with Gasteiger partial charge < -0.3 is 15.4 Å². The van der Waals surface area contributed by atoms with Crippen LogP contribution in [0.5, 0.6) is 5.75 Å². The van der Waals surface area contributed by atoms with Crippen molar-refractivity contribution in [3.63, 3.8) is 0 Å². The van der Waals surface area contributed by atoms with Gasteiger partial charge in [0.05, 0.1) is 0 Å². The second kappa shape index (κ2) is 8.03. The van der Waals surface area contributed by atoms with Gasteiger partial charge in [-0.3, -0.25) is 4.79 Å². The maximum atomic E-state index is 12.1. The third-order valence-electron chi connectivity index (χ3n) is 4.09. The summed E-state index contributed by atoms with van der Waals surface area (Å²) < 4.78 is 5.94. The summed E-state index contributed by atoms with van der Waals surface area (Å²) in [6, 6.07) is 9.90. The van der Waals surface area contributed by atoms with Crippen molar-refractivity contribution in [2.24, 2.45) is 11.7 Å². The first-order chi connectivity index (χ1) is 10.2. The summed E-state index contributed by atoms with van der Waals surface area (Å²) >= 11 is 0. The molecular formula is C17H26N2O2. The predicted molar refractivity (Wildman–Crippen MR) is 84.1 cm³/mol. The maximum absolute atomic E-state index is 12.1. The van der Waals surface area contributed by atoms with Gasteiger partial charge in [0, 0.05) is 32.4 Å². The molecule has 21 heavy (non-hydrogen) atoms. The lowest BCUT2D eigenvalue weighted by molar-refractivity contribution is -0.133. The van der Waals surface area contributed by atoms with E-state index >= 15 is 0 Å². The Kier molecular flexibility index (Phi) is 6.05. The standard InChI is InChI=1S/C17H26N2O2/c1-14(13-18)7-8-17(20)19-11-9-16(10-12-19)21-15-5-3-2-4-6-15/h2-6,14,16H,7-13,18H2,1H3. The summed E-state index contributed by atoms with van der Waals surface area (Å²) in [7, 11) is 0. The molecule has 1 unspecified atom stereocenters. The van der Waals surface area contributed by atoms with Crippen LogP contribution in [0.4, 0.5) is 0 Å². The van der Waals surface area contributed by atoms with Crippen LogP contribution in [0.15, 0.2) is 30.3 Å². The quantitative estimate of drug-likeness (QED) is 0.875. The molecule has 1 heterocycles. The molecule has 1 aliphatic heterocycles. The highest BCUT2D eigenvalue weighted by atomic mass is 16.5. The highest BCUT2D eigenvalue weighted by molar-refractivity contribution is 5.76. The number of para-hydroxylation sites is 1. The van der Waals surface area contributed by atoms with E-state index in [9.17, 15) is 4.79 Å². The lowest BCUT2D eigenvalue weighted by Gasteiger charge is -2.32. The zero-order valence-corrected chi connectivity index (χ0v) is 12.8. The van der Waals surface area contributed by atoms with Gasteiger partial charge in [0.25, 0.3) is 0 Å². The maximum Gasteiger partial charge on any atom is 0.222 e. The number of carbonyl (C=O) groups is 1. The molecule has 0 bridgehead atoms. The number of ether oxygens (including phenoxy) is 1. The fourth-order valence-corrected chi connectivity index (χ4v) is 2.56. The van der Waals surface area contributed by atoms with Crippen LogP contribution in [0.1, 0.15) is 32.6 Å². The Balaban J connectivity index is 1.71. The first-order valence-electron chi connectivity index (χ1n) is 7.88. The number of likely N-dealkylation sites (tertiary alicyclic amines) is 1. The van der Waals surface area contributed by atoms with E-state index in [4.69, 9.17) is 10.5 Å². The average Bonchev–Trinajstić information content (AvgIpc) is 2.54. The molecule has 116 valence electrons. The number of piperidine rings is 1. The van der Waals surface area contributed by atoms with E-state index in [0.29, 0.717) is 18.9 Å². The second-order valence-corrected chi connectivity index (χ2v) is 5.89. The fourth-order valence-electron chi connectivity index (χ4n) is 2.56. The second-order valence-electron chi connectivity index (χ2n) is 5.89. The predicted octanol–water partition coefficient (Wildman–Crippen LogP) is 2.43. The Morgan fingerprint density at radius 2 is 2.00 bits per heavy atom. The van der Waals surface area contributed by atoms with Gasteiger partial charge in [-0.1, -0.05) is 25.1 Å². The Bertz CT molecular complexity index is 428. The molecule has 4 heteroatoms. The number of benzene rings is 1. The van der Waals surface area contributed by atoms with Gasteiger partial charge >= 0.3 is 0 Å². The largest absolute Gasteiger partial charge is 0.490 e. The Morgan fingerprint density at radius 1 is 1.33 bits per heavy atom. The minimum absolute atomic E-state index is 0.222. The summed E-state index contributed by atoms with van der Waals surface area (Å²) in [5, 5.41) is 0. The van der Waals surface area contributed by atoms with E-state index in [1.165, 1.54) is 0 Å².